The van der Waals surface area contributed by atoms with Gasteiger partial charge in [-0.2, -0.15) is 0 Å². The van der Waals surface area contributed by atoms with E-state index < -0.39 is 12.1 Å². The van der Waals surface area contributed by atoms with E-state index >= 15 is 0 Å². The monoisotopic (exact) mass is 313 g/mol. The Balaban J connectivity index is 2.13. The largest absolute Gasteiger partial charge is 0.497 e. The van der Waals surface area contributed by atoms with Gasteiger partial charge in [0.15, 0.2) is 0 Å². The summed E-state index contributed by atoms with van der Waals surface area (Å²) in [4.78, 5) is 10.9. The number of aliphatic carboxylic acids is 1. The molecular formula is C18H19NO4. The van der Waals surface area contributed by atoms with Crippen LogP contribution in [0.2, 0.25) is 0 Å². The first kappa shape index (κ1) is 16.7. The third-order valence-electron chi connectivity index (χ3n) is 3.43. The second-order valence-electron chi connectivity index (χ2n) is 5.05. The van der Waals surface area contributed by atoms with E-state index in [9.17, 15) is 4.79 Å². The van der Waals surface area contributed by atoms with Crippen LogP contribution in [0, 0.1) is 5.41 Å². The molecule has 0 radical (unpaired) electrons. The molecule has 2 rings (SSSR count). The van der Waals surface area contributed by atoms with Gasteiger partial charge in [-0.25, -0.2) is 4.79 Å². The van der Waals surface area contributed by atoms with E-state index in [0.29, 0.717) is 12.4 Å². The molecular weight excluding hydrogens is 294 g/mol. The van der Waals surface area contributed by atoms with Gasteiger partial charge >= 0.3 is 5.97 Å². The second-order valence-corrected chi connectivity index (χ2v) is 5.05. The molecule has 1 atom stereocenters. The number of hydrogen-bond acceptors (Lipinski definition) is 4. The molecule has 120 valence electrons. The van der Waals surface area contributed by atoms with E-state index in [-0.39, 0.29) is 12.1 Å². The van der Waals surface area contributed by atoms with Crippen molar-refractivity contribution >= 4 is 11.7 Å². The highest BCUT2D eigenvalue weighted by Gasteiger charge is 2.18. The fraction of sp³-hybridized carbons (Fsp3) is 0.222. The van der Waals surface area contributed by atoms with Crippen LogP contribution in [-0.2, 0) is 16.1 Å². The highest BCUT2D eigenvalue weighted by molar-refractivity contribution is 6.34. The zero-order chi connectivity index (χ0) is 16.7. The SMILES string of the molecule is COc1ccc(C(CC(=N)C(=O)O)OCc2ccccc2)cc1. The third-order valence-corrected chi connectivity index (χ3v) is 3.43. The first-order valence-electron chi connectivity index (χ1n) is 7.20. The van der Waals surface area contributed by atoms with E-state index in [1.807, 2.05) is 42.5 Å². The number of nitrogens with one attached hydrogen (secondary N) is 1. The summed E-state index contributed by atoms with van der Waals surface area (Å²) in [5.74, 6) is -0.518. The number of hydrogen-bond donors (Lipinski definition) is 2. The number of methoxy groups -OCH3 is 1. The highest BCUT2D eigenvalue weighted by Crippen LogP contribution is 2.25. The Morgan fingerprint density at radius 2 is 1.78 bits per heavy atom. The lowest BCUT2D eigenvalue weighted by atomic mass is 10.0. The molecule has 0 aliphatic rings. The fourth-order valence-corrected chi connectivity index (χ4v) is 2.14. The predicted octanol–water partition coefficient (Wildman–Crippen LogP) is 3.45. The van der Waals surface area contributed by atoms with Crippen LogP contribution in [0.5, 0.6) is 5.75 Å². The number of ether oxygens (including phenoxy) is 2. The molecule has 2 N–H and O–H groups in total. The van der Waals surface area contributed by atoms with Gasteiger partial charge in [0.05, 0.1) is 19.8 Å². The molecule has 1 unspecified atom stereocenters. The molecule has 23 heavy (non-hydrogen) atoms. The Hall–Kier alpha value is -2.66. The minimum Gasteiger partial charge on any atom is -0.497 e. The van der Waals surface area contributed by atoms with Crippen molar-refractivity contribution in [1.29, 1.82) is 5.41 Å². The predicted molar refractivity (Wildman–Crippen MR) is 86.9 cm³/mol. The van der Waals surface area contributed by atoms with Crippen molar-refractivity contribution in [2.75, 3.05) is 7.11 Å². The Labute approximate surface area is 135 Å². The van der Waals surface area contributed by atoms with Crippen LogP contribution in [0.15, 0.2) is 54.6 Å². The summed E-state index contributed by atoms with van der Waals surface area (Å²) >= 11 is 0. The number of benzene rings is 2. The Bertz CT molecular complexity index is 652. The number of carboxylic acids is 1. The van der Waals surface area contributed by atoms with Crippen LogP contribution in [0.1, 0.15) is 23.7 Å². The molecule has 0 spiro atoms. The molecule has 0 aliphatic heterocycles. The van der Waals surface area contributed by atoms with Crippen LogP contribution >= 0.6 is 0 Å². The molecule has 5 heteroatoms. The maximum atomic E-state index is 10.9. The van der Waals surface area contributed by atoms with Crippen molar-refractivity contribution in [2.45, 2.75) is 19.1 Å². The number of rotatable bonds is 8. The fourth-order valence-electron chi connectivity index (χ4n) is 2.14. The summed E-state index contributed by atoms with van der Waals surface area (Å²) in [6.45, 7) is 0.352. The summed E-state index contributed by atoms with van der Waals surface area (Å²) in [5.41, 5.74) is 1.43. The topological polar surface area (TPSA) is 79.6 Å². The van der Waals surface area contributed by atoms with Gasteiger partial charge in [-0.1, -0.05) is 42.5 Å². The lowest BCUT2D eigenvalue weighted by Crippen LogP contribution is -2.17. The maximum absolute atomic E-state index is 10.9. The average Bonchev–Trinajstić information content (AvgIpc) is 2.59. The van der Waals surface area contributed by atoms with Gasteiger partial charge in [0.25, 0.3) is 0 Å². The molecule has 2 aromatic rings. The minimum absolute atomic E-state index is 0.00843. The Morgan fingerprint density at radius 1 is 1.13 bits per heavy atom. The van der Waals surface area contributed by atoms with Gasteiger partial charge in [-0.3, -0.25) is 5.41 Å². The van der Waals surface area contributed by atoms with Crippen LogP contribution in [0.3, 0.4) is 0 Å². The van der Waals surface area contributed by atoms with Gasteiger partial charge in [-0.15, -0.1) is 0 Å². The third kappa shape index (κ3) is 4.93. The van der Waals surface area contributed by atoms with Crippen molar-refractivity contribution < 1.29 is 19.4 Å². The van der Waals surface area contributed by atoms with Gasteiger partial charge in [-0.05, 0) is 23.3 Å². The summed E-state index contributed by atoms with van der Waals surface area (Å²) < 4.78 is 11.0. The summed E-state index contributed by atoms with van der Waals surface area (Å²) in [7, 11) is 1.58. The standard InChI is InChI=1S/C18H19NO4/c1-22-15-9-7-14(8-10-15)17(11-16(19)18(20)21)23-12-13-5-3-2-4-6-13/h2-10,17,19H,11-12H2,1H3,(H,20,21). The quantitative estimate of drug-likeness (QED) is 0.732. The molecule has 0 saturated heterocycles. The first-order chi connectivity index (χ1) is 11.1. The van der Waals surface area contributed by atoms with E-state index in [0.717, 1.165) is 11.1 Å². The van der Waals surface area contributed by atoms with Gasteiger partial charge in [0, 0.05) is 6.42 Å². The van der Waals surface area contributed by atoms with Crippen LogP contribution in [0.4, 0.5) is 0 Å². The van der Waals surface area contributed by atoms with Gasteiger partial charge < -0.3 is 14.6 Å². The van der Waals surface area contributed by atoms with E-state index in [1.165, 1.54) is 0 Å². The molecule has 0 fully saturated rings. The second kappa shape index (κ2) is 8.10. The molecule has 0 aromatic heterocycles. The molecule has 2 aromatic carbocycles. The van der Waals surface area contributed by atoms with E-state index in [2.05, 4.69) is 0 Å². The minimum atomic E-state index is -1.23. The number of carboxylic acid groups (broad SMARTS) is 1. The molecule has 0 bridgehead atoms. The van der Waals surface area contributed by atoms with Gasteiger partial charge in [0.2, 0.25) is 0 Å². The zero-order valence-corrected chi connectivity index (χ0v) is 12.9. The van der Waals surface area contributed by atoms with Crippen LogP contribution < -0.4 is 4.74 Å². The molecule has 5 nitrogen and oxygen atoms in total. The summed E-state index contributed by atoms with van der Waals surface area (Å²) in [6, 6.07) is 16.9. The Morgan fingerprint density at radius 3 is 2.35 bits per heavy atom. The molecule has 0 amide bonds. The Kier molecular flexibility index (Phi) is 5.88. The normalized spacial score (nSPS) is 11.7. The van der Waals surface area contributed by atoms with Crippen molar-refractivity contribution in [3.05, 3.63) is 65.7 Å². The van der Waals surface area contributed by atoms with Crippen LogP contribution in [0.25, 0.3) is 0 Å². The maximum Gasteiger partial charge on any atom is 0.349 e. The smallest absolute Gasteiger partial charge is 0.349 e. The van der Waals surface area contributed by atoms with Crippen molar-refractivity contribution in [3.8, 4) is 5.75 Å². The van der Waals surface area contributed by atoms with E-state index in [1.54, 1.807) is 19.2 Å². The molecule has 0 saturated carbocycles. The highest BCUT2D eigenvalue weighted by atomic mass is 16.5. The van der Waals surface area contributed by atoms with Crippen molar-refractivity contribution in [2.24, 2.45) is 0 Å². The lowest BCUT2D eigenvalue weighted by Gasteiger charge is -2.18. The molecule has 0 heterocycles. The van der Waals surface area contributed by atoms with Crippen LogP contribution in [-0.4, -0.2) is 23.9 Å². The van der Waals surface area contributed by atoms with E-state index in [4.69, 9.17) is 20.0 Å². The number of carbonyl (C=O) groups is 1. The van der Waals surface area contributed by atoms with Crippen molar-refractivity contribution in [1.82, 2.24) is 0 Å². The van der Waals surface area contributed by atoms with Crippen molar-refractivity contribution in [3.63, 3.8) is 0 Å². The molecule has 0 aliphatic carbocycles. The van der Waals surface area contributed by atoms with Gasteiger partial charge in [0.1, 0.15) is 11.5 Å². The average molecular weight is 313 g/mol. The zero-order valence-electron chi connectivity index (χ0n) is 12.9. The first-order valence-corrected chi connectivity index (χ1v) is 7.20. The summed E-state index contributed by atoms with van der Waals surface area (Å²) in [5, 5.41) is 16.5. The lowest BCUT2D eigenvalue weighted by molar-refractivity contribution is -0.129. The summed E-state index contributed by atoms with van der Waals surface area (Å²) in [6.07, 6.45) is -0.487.